The van der Waals surface area contributed by atoms with E-state index in [1.807, 2.05) is 0 Å². The molecule has 0 aliphatic carbocycles. The highest BCUT2D eigenvalue weighted by atomic mass is 19.2. The van der Waals surface area contributed by atoms with Crippen LogP contribution >= 0.6 is 0 Å². The molecule has 104 valence electrons. The summed E-state index contributed by atoms with van der Waals surface area (Å²) in [4.78, 5) is 15.0. The van der Waals surface area contributed by atoms with Gasteiger partial charge in [-0.25, -0.2) is 22.0 Å². The first-order valence-electron chi connectivity index (χ1n) is 5.15. The number of carbonyl (C=O) groups excluding carboxylic acids is 1. The number of pyridine rings is 1. The molecular formula is C12H5F5N2O. The second-order valence-corrected chi connectivity index (χ2v) is 3.65. The Morgan fingerprint density at radius 2 is 1.60 bits per heavy atom. The molecule has 3 nitrogen and oxygen atoms in total. The number of halogens is 5. The van der Waals surface area contributed by atoms with Crippen LogP contribution in [-0.4, -0.2) is 10.9 Å². The maximum absolute atomic E-state index is 13.3. The topological polar surface area (TPSA) is 42.0 Å². The van der Waals surface area contributed by atoms with Crippen molar-refractivity contribution in [3.8, 4) is 0 Å². The summed E-state index contributed by atoms with van der Waals surface area (Å²) in [6.07, 6.45) is 1.77. The van der Waals surface area contributed by atoms with Crippen LogP contribution in [-0.2, 0) is 0 Å². The summed E-state index contributed by atoms with van der Waals surface area (Å²) in [5, 5.41) is 1.58. The largest absolute Gasteiger partial charge is 0.317 e. The Balaban J connectivity index is 2.41. The van der Waals surface area contributed by atoms with Crippen molar-refractivity contribution in [3.63, 3.8) is 0 Å². The van der Waals surface area contributed by atoms with Gasteiger partial charge < -0.3 is 5.32 Å². The molecule has 2 rings (SSSR count). The molecule has 1 aromatic heterocycles. The molecule has 20 heavy (non-hydrogen) atoms. The third-order valence-electron chi connectivity index (χ3n) is 2.37. The van der Waals surface area contributed by atoms with Crippen molar-refractivity contribution in [2.24, 2.45) is 0 Å². The van der Waals surface area contributed by atoms with Gasteiger partial charge in [-0.3, -0.25) is 9.78 Å². The molecule has 1 amide bonds. The van der Waals surface area contributed by atoms with Crippen LogP contribution in [0.3, 0.4) is 0 Å². The number of carbonyl (C=O) groups is 1. The number of nitrogens with zero attached hydrogens (tertiary/aromatic N) is 1. The molecule has 1 aromatic carbocycles. The van der Waals surface area contributed by atoms with E-state index in [0.717, 1.165) is 12.3 Å². The van der Waals surface area contributed by atoms with Gasteiger partial charge in [-0.05, 0) is 6.07 Å². The third kappa shape index (κ3) is 2.44. The Bertz CT molecular complexity index is 664. The summed E-state index contributed by atoms with van der Waals surface area (Å²) in [6, 6.07) is 0.934. The number of aromatic nitrogens is 1. The Morgan fingerprint density at radius 3 is 2.15 bits per heavy atom. The summed E-state index contributed by atoms with van der Waals surface area (Å²) in [6.45, 7) is 0. The fourth-order valence-electron chi connectivity index (χ4n) is 1.42. The smallest absolute Gasteiger partial charge is 0.258 e. The average Bonchev–Trinajstić information content (AvgIpc) is 2.41. The average molecular weight is 288 g/mol. The maximum Gasteiger partial charge on any atom is 0.258 e. The lowest BCUT2D eigenvalue weighted by Gasteiger charge is -2.09. The molecule has 0 radical (unpaired) electrons. The van der Waals surface area contributed by atoms with E-state index < -0.39 is 46.2 Å². The molecule has 1 heterocycles. The first-order chi connectivity index (χ1) is 9.41. The standard InChI is InChI=1S/C12H5F5N2O/c13-6-3-7(14)10(17)11(9(6)16)19-12(20)5-1-2-18-4-8(5)15/h1-4H,(H,19,20). The lowest BCUT2D eigenvalue weighted by atomic mass is 10.2. The minimum atomic E-state index is -1.79. The van der Waals surface area contributed by atoms with Crippen LogP contribution in [0.15, 0.2) is 24.5 Å². The van der Waals surface area contributed by atoms with Crippen molar-refractivity contribution < 1.29 is 26.7 Å². The Labute approximate surface area is 109 Å². The first-order valence-corrected chi connectivity index (χ1v) is 5.15. The van der Waals surface area contributed by atoms with Crippen LogP contribution in [0.5, 0.6) is 0 Å². The molecule has 0 fully saturated rings. The van der Waals surface area contributed by atoms with Crippen molar-refractivity contribution in [2.75, 3.05) is 5.32 Å². The lowest BCUT2D eigenvalue weighted by molar-refractivity contribution is 0.102. The van der Waals surface area contributed by atoms with Gasteiger partial charge >= 0.3 is 0 Å². The van der Waals surface area contributed by atoms with E-state index in [0.29, 0.717) is 6.20 Å². The summed E-state index contributed by atoms with van der Waals surface area (Å²) >= 11 is 0. The van der Waals surface area contributed by atoms with Gasteiger partial charge in [-0.1, -0.05) is 0 Å². The minimum Gasteiger partial charge on any atom is -0.317 e. The van der Waals surface area contributed by atoms with E-state index in [1.165, 1.54) is 0 Å². The van der Waals surface area contributed by atoms with Crippen molar-refractivity contribution in [1.29, 1.82) is 0 Å². The fourth-order valence-corrected chi connectivity index (χ4v) is 1.42. The van der Waals surface area contributed by atoms with E-state index in [9.17, 15) is 26.7 Å². The summed E-state index contributed by atoms with van der Waals surface area (Å²) in [7, 11) is 0. The number of amides is 1. The predicted octanol–water partition coefficient (Wildman–Crippen LogP) is 3.03. The molecule has 2 aromatic rings. The summed E-state index contributed by atoms with van der Waals surface area (Å²) in [5.74, 6) is -9.27. The van der Waals surface area contributed by atoms with E-state index >= 15 is 0 Å². The molecule has 0 spiro atoms. The van der Waals surface area contributed by atoms with E-state index in [2.05, 4.69) is 4.98 Å². The number of anilines is 1. The monoisotopic (exact) mass is 288 g/mol. The fraction of sp³-hybridized carbons (Fsp3) is 0. The number of nitrogens with one attached hydrogen (secondary N) is 1. The van der Waals surface area contributed by atoms with Gasteiger partial charge in [0.2, 0.25) is 0 Å². The molecule has 0 saturated heterocycles. The normalized spacial score (nSPS) is 10.4. The molecule has 1 N–H and O–H groups in total. The van der Waals surface area contributed by atoms with Gasteiger partial charge in [0.15, 0.2) is 29.1 Å². The molecule has 0 saturated carbocycles. The molecule has 0 unspecified atom stereocenters. The van der Waals surface area contributed by atoms with Gasteiger partial charge in [0.1, 0.15) is 5.69 Å². The van der Waals surface area contributed by atoms with E-state index in [4.69, 9.17) is 0 Å². The Morgan fingerprint density at radius 1 is 1.00 bits per heavy atom. The van der Waals surface area contributed by atoms with Gasteiger partial charge in [-0.15, -0.1) is 0 Å². The van der Waals surface area contributed by atoms with Crippen LogP contribution < -0.4 is 5.32 Å². The summed E-state index contributed by atoms with van der Waals surface area (Å²) < 4.78 is 65.7. The number of hydrogen-bond acceptors (Lipinski definition) is 2. The lowest BCUT2D eigenvalue weighted by Crippen LogP contribution is -2.17. The predicted molar refractivity (Wildman–Crippen MR) is 58.4 cm³/mol. The maximum atomic E-state index is 13.3. The van der Waals surface area contributed by atoms with Crippen molar-refractivity contribution in [3.05, 3.63) is 59.2 Å². The van der Waals surface area contributed by atoms with E-state index in [-0.39, 0.29) is 6.07 Å². The highest BCUT2D eigenvalue weighted by molar-refractivity contribution is 6.04. The molecule has 0 atom stereocenters. The highest BCUT2D eigenvalue weighted by Gasteiger charge is 2.22. The van der Waals surface area contributed by atoms with Crippen molar-refractivity contribution in [1.82, 2.24) is 4.98 Å². The van der Waals surface area contributed by atoms with Crippen LogP contribution in [0.1, 0.15) is 10.4 Å². The SMILES string of the molecule is O=C(Nc1c(F)c(F)cc(F)c1F)c1ccncc1F. The molecule has 8 heteroatoms. The van der Waals surface area contributed by atoms with Gasteiger partial charge in [0, 0.05) is 12.3 Å². The zero-order valence-corrected chi connectivity index (χ0v) is 9.55. The van der Waals surface area contributed by atoms with Crippen LogP contribution in [0, 0.1) is 29.1 Å². The third-order valence-corrected chi connectivity index (χ3v) is 2.37. The van der Waals surface area contributed by atoms with Gasteiger partial charge in [0.25, 0.3) is 5.91 Å². The number of rotatable bonds is 2. The zero-order chi connectivity index (χ0) is 14.9. The van der Waals surface area contributed by atoms with Crippen molar-refractivity contribution in [2.45, 2.75) is 0 Å². The molecule has 0 aliphatic rings. The quantitative estimate of drug-likeness (QED) is 0.681. The molecule has 0 bridgehead atoms. The van der Waals surface area contributed by atoms with Crippen LogP contribution in [0.4, 0.5) is 27.6 Å². The zero-order valence-electron chi connectivity index (χ0n) is 9.55. The van der Waals surface area contributed by atoms with Gasteiger partial charge in [0.05, 0.1) is 11.8 Å². The Hall–Kier alpha value is -2.51. The second kappa shape index (κ2) is 5.24. The number of benzene rings is 1. The second-order valence-electron chi connectivity index (χ2n) is 3.65. The van der Waals surface area contributed by atoms with Crippen molar-refractivity contribution >= 4 is 11.6 Å². The van der Waals surface area contributed by atoms with Crippen LogP contribution in [0.25, 0.3) is 0 Å². The van der Waals surface area contributed by atoms with Crippen LogP contribution in [0.2, 0.25) is 0 Å². The highest BCUT2D eigenvalue weighted by Crippen LogP contribution is 2.24. The Kier molecular flexibility index (Phi) is 3.64. The summed E-state index contributed by atoms with van der Waals surface area (Å²) in [5.41, 5.74) is -1.91. The van der Waals surface area contributed by atoms with E-state index in [1.54, 1.807) is 5.32 Å². The van der Waals surface area contributed by atoms with Gasteiger partial charge in [-0.2, -0.15) is 0 Å². The number of hydrogen-bond donors (Lipinski definition) is 1. The minimum absolute atomic E-state index is 0.00660. The molecule has 0 aliphatic heterocycles. The molecular weight excluding hydrogens is 283 g/mol. The first kappa shape index (κ1) is 13.9.